The van der Waals surface area contributed by atoms with Gasteiger partial charge in [0.2, 0.25) is 0 Å². The zero-order valence-electron chi connectivity index (χ0n) is 11.9. The van der Waals surface area contributed by atoms with Crippen LogP contribution >= 0.6 is 0 Å². The fourth-order valence-corrected chi connectivity index (χ4v) is 2.45. The predicted octanol–water partition coefficient (Wildman–Crippen LogP) is 2.15. The molecule has 2 saturated heterocycles. The van der Waals surface area contributed by atoms with Crippen LogP contribution in [-0.4, -0.2) is 49.8 Å². The van der Waals surface area contributed by atoms with E-state index in [-0.39, 0.29) is 36.6 Å². The molecule has 0 aromatic carbocycles. The molecule has 2 unspecified atom stereocenters. The Morgan fingerprint density at radius 2 is 1.28 bits per heavy atom. The lowest BCUT2D eigenvalue weighted by atomic mass is 10.1. The standard InChI is InChI=1S/C14H26O4/c1-5-9(3)17-11-7-15-14-12(8-16-13(11)14)18-10(4)6-2/h9-14H,5-8H2,1-4H3/t9?,10?,11-,12+,13-,14-/m1/s1. The summed E-state index contributed by atoms with van der Waals surface area (Å²) >= 11 is 0. The Morgan fingerprint density at radius 1 is 0.889 bits per heavy atom. The summed E-state index contributed by atoms with van der Waals surface area (Å²) in [4.78, 5) is 0. The molecule has 4 nitrogen and oxygen atoms in total. The van der Waals surface area contributed by atoms with Crippen molar-refractivity contribution < 1.29 is 18.9 Å². The van der Waals surface area contributed by atoms with E-state index in [1.807, 2.05) is 0 Å². The summed E-state index contributed by atoms with van der Waals surface area (Å²) in [6.45, 7) is 9.69. The summed E-state index contributed by atoms with van der Waals surface area (Å²) in [5.74, 6) is 0. The van der Waals surface area contributed by atoms with Crippen LogP contribution in [0.3, 0.4) is 0 Å². The zero-order chi connectivity index (χ0) is 13.1. The van der Waals surface area contributed by atoms with Crippen molar-refractivity contribution in [1.82, 2.24) is 0 Å². The van der Waals surface area contributed by atoms with E-state index < -0.39 is 0 Å². The van der Waals surface area contributed by atoms with Crippen LogP contribution in [0.5, 0.6) is 0 Å². The van der Waals surface area contributed by atoms with E-state index in [9.17, 15) is 0 Å². The molecule has 18 heavy (non-hydrogen) atoms. The second-order valence-electron chi connectivity index (χ2n) is 5.38. The van der Waals surface area contributed by atoms with Crippen molar-refractivity contribution in [3.8, 4) is 0 Å². The number of hydrogen-bond donors (Lipinski definition) is 0. The molecule has 0 saturated carbocycles. The molecular formula is C14H26O4. The van der Waals surface area contributed by atoms with Gasteiger partial charge in [0, 0.05) is 0 Å². The molecule has 0 amide bonds. The number of hydrogen-bond acceptors (Lipinski definition) is 4. The maximum Gasteiger partial charge on any atom is 0.115 e. The van der Waals surface area contributed by atoms with Gasteiger partial charge in [-0.05, 0) is 26.7 Å². The highest BCUT2D eigenvalue weighted by Gasteiger charge is 2.49. The molecule has 2 heterocycles. The first-order valence-corrected chi connectivity index (χ1v) is 7.19. The van der Waals surface area contributed by atoms with Crippen LogP contribution in [0.2, 0.25) is 0 Å². The van der Waals surface area contributed by atoms with Crippen LogP contribution in [-0.2, 0) is 18.9 Å². The predicted molar refractivity (Wildman–Crippen MR) is 68.7 cm³/mol. The third-order valence-electron chi connectivity index (χ3n) is 3.93. The Balaban J connectivity index is 1.86. The van der Waals surface area contributed by atoms with Gasteiger partial charge in [-0.2, -0.15) is 0 Å². The zero-order valence-corrected chi connectivity index (χ0v) is 11.9. The van der Waals surface area contributed by atoms with E-state index in [2.05, 4.69) is 27.7 Å². The lowest BCUT2D eigenvalue weighted by molar-refractivity contribution is -0.0815. The van der Waals surface area contributed by atoms with Gasteiger partial charge in [0.25, 0.3) is 0 Å². The van der Waals surface area contributed by atoms with Gasteiger partial charge in [-0.25, -0.2) is 0 Å². The highest BCUT2D eigenvalue weighted by molar-refractivity contribution is 4.96. The molecular weight excluding hydrogens is 232 g/mol. The van der Waals surface area contributed by atoms with Gasteiger partial charge in [0.05, 0.1) is 25.4 Å². The molecule has 2 fully saturated rings. The molecule has 0 aromatic rings. The topological polar surface area (TPSA) is 36.9 Å². The van der Waals surface area contributed by atoms with E-state index in [0.717, 1.165) is 12.8 Å². The lowest BCUT2D eigenvalue weighted by Crippen LogP contribution is -2.36. The maximum atomic E-state index is 5.95. The van der Waals surface area contributed by atoms with Crippen molar-refractivity contribution in [2.45, 2.75) is 77.2 Å². The van der Waals surface area contributed by atoms with E-state index >= 15 is 0 Å². The first-order chi connectivity index (χ1) is 8.65. The third-order valence-corrected chi connectivity index (χ3v) is 3.93. The Hall–Kier alpha value is -0.160. The Morgan fingerprint density at radius 3 is 1.61 bits per heavy atom. The van der Waals surface area contributed by atoms with Gasteiger partial charge in [-0.3, -0.25) is 0 Å². The largest absolute Gasteiger partial charge is 0.370 e. The smallest absolute Gasteiger partial charge is 0.115 e. The van der Waals surface area contributed by atoms with Gasteiger partial charge in [-0.15, -0.1) is 0 Å². The Bertz CT molecular complexity index is 232. The van der Waals surface area contributed by atoms with Gasteiger partial charge < -0.3 is 18.9 Å². The molecule has 0 N–H and O–H groups in total. The van der Waals surface area contributed by atoms with Crippen molar-refractivity contribution in [3.05, 3.63) is 0 Å². The van der Waals surface area contributed by atoms with E-state index in [1.54, 1.807) is 0 Å². The molecule has 2 aliphatic rings. The lowest BCUT2D eigenvalue weighted by Gasteiger charge is -2.21. The SMILES string of the molecule is CCC(C)O[C@H]1CO[C@H]2[C@@H]1OC[C@H]2OC(C)CC. The van der Waals surface area contributed by atoms with Crippen molar-refractivity contribution in [2.75, 3.05) is 13.2 Å². The average molecular weight is 258 g/mol. The van der Waals surface area contributed by atoms with Crippen LogP contribution < -0.4 is 0 Å². The van der Waals surface area contributed by atoms with Crippen molar-refractivity contribution >= 4 is 0 Å². The fourth-order valence-electron chi connectivity index (χ4n) is 2.45. The number of fused-ring (bicyclic) bond motifs is 1. The summed E-state index contributed by atoms with van der Waals surface area (Å²) in [6, 6.07) is 0. The fraction of sp³-hybridized carbons (Fsp3) is 1.00. The maximum absolute atomic E-state index is 5.95. The molecule has 0 aromatic heterocycles. The first-order valence-electron chi connectivity index (χ1n) is 7.19. The third kappa shape index (κ3) is 3.05. The summed E-state index contributed by atoms with van der Waals surface area (Å²) in [5.41, 5.74) is 0. The average Bonchev–Trinajstić information content (AvgIpc) is 2.93. The van der Waals surface area contributed by atoms with Crippen molar-refractivity contribution in [1.29, 1.82) is 0 Å². The molecule has 2 aliphatic heterocycles. The van der Waals surface area contributed by atoms with Gasteiger partial charge in [0.1, 0.15) is 24.4 Å². The monoisotopic (exact) mass is 258 g/mol. The molecule has 2 rings (SSSR count). The second-order valence-corrected chi connectivity index (χ2v) is 5.38. The highest BCUT2D eigenvalue weighted by Crippen LogP contribution is 2.31. The molecule has 4 heteroatoms. The molecule has 106 valence electrons. The summed E-state index contributed by atoms with van der Waals surface area (Å²) in [5, 5.41) is 0. The first kappa shape index (κ1) is 14.3. The van der Waals surface area contributed by atoms with Crippen LogP contribution in [0.15, 0.2) is 0 Å². The van der Waals surface area contributed by atoms with E-state index in [0.29, 0.717) is 13.2 Å². The van der Waals surface area contributed by atoms with E-state index in [4.69, 9.17) is 18.9 Å². The van der Waals surface area contributed by atoms with Gasteiger partial charge in [0.15, 0.2) is 0 Å². The van der Waals surface area contributed by atoms with E-state index in [1.165, 1.54) is 0 Å². The minimum Gasteiger partial charge on any atom is -0.370 e. The minimum atomic E-state index is 0.0491. The number of ether oxygens (including phenoxy) is 4. The minimum absolute atomic E-state index is 0.0491. The molecule has 0 bridgehead atoms. The Labute approximate surface area is 110 Å². The normalized spacial score (nSPS) is 38.7. The number of rotatable bonds is 6. The van der Waals surface area contributed by atoms with Crippen LogP contribution in [0.4, 0.5) is 0 Å². The summed E-state index contributed by atoms with van der Waals surface area (Å²) in [7, 11) is 0. The quantitative estimate of drug-likeness (QED) is 0.731. The molecule has 0 spiro atoms. The van der Waals surface area contributed by atoms with Crippen LogP contribution in [0.1, 0.15) is 40.5 Å². The summed E-state index contributed by atoms with van der Waals surface area (Å²) < 4.78 is 23.5. The van der Waals surface area contributed by atoms with Gasteiger partial charge >= 0.3 is 0 Å². The van der Waals surface area contributed by atoms with Crippen LogP contribution in [0.25, 0.3) is 0 Å². The van der Waals surface area contributed by atoms with Crippen LogP contribution in [0, 0.1) is 0 Å². The second kappa shape index (κ2) is 6.33. The van der Waals surface area contributed by atoms with Gasteiger partial charge in [-0.1, -0.05) is 13.8 Å². The van der Waals surface area contributed by atoms with Crippen molar-refractivity contribution in [3.63, 3.8) is 0 Å². The molecule has 6 atom stereocenters. The summed E-state index contributed by atoms with van der Waals surface area (Å²) in [6.07, 6.45) is 2.78. The van der Waals surface area contributed by atoms with Crippen molar-refractivity contribution in [2.24, 2.45) is 0 Å². The Kier molecular flexibility index (Phi) is 5.01. The molecule has 0 aliphatic carbocycles. The highest BCUT2D eigenvalue weighted by atomic mass is 16.6. The molecule has 0 radical (unpaired) electrons.